The van der Waals surface area contributed by atoms with Crippen molar-refractivity contribution in [3.05, 3.63) is 65.1 Å². The number of fused-ring (bicyclic) bond motifs is 4. The van der Waals surface area contributed by atoms with Gasteiger partial charge in [-0.05, 0) is 43.4 Å². The number of aryl methyl sites for hydroxylation is 1. The van der Waals surface area contributed by atoms with Gasteiger partial charge in [0.2, 0.25) is 0 Å². The number of aromatic nitrogens is 4. The van der Waals surface area contributed by atoms with Gasteiger partial charge in [-0.15, -0.1) is 0 Å². The van der Waals surface area contributed by atoms with Crippen LogP contribution in [0.1, 0.15) is 52.6 Å². The Hall–Kier alpha value is -3.90. The summed E-state index contributed by atoms with van der Waals surface area (Å²) < 4.78 is 83.0. The standard InChI is InChI=1S/C24H18F6N6O/c25-14-8-16-18(35-10-32-9-19(35)21(31)34-16)7-13(14)22(37)36(11-1-2-11)17-5-4-15-12(17)3-6-20(33-15)23(26,27)24(28,29)30/h3,6-11,17H,1-2,4-5H2,(H2,31,34)/t17-/m1/s1. The van der Waals surface area contributed by atoms with Gasteiger partial charge in [-0.1, -0.05) is 6.07 Å². The number of alkyl halides is 5. The lowest BCUT2D eigenvalue weighted by atomic mass is 10.0. The Bertz CT molecular complexity index is 1580. The van der Waals surface area contributed by atoms with Gasteiger partial charge in [-0.3, -0.25) is 14.2 Å². The fourth-order valence-corrected chi connectivity index (χ4v) is 4.97. The molecule has 7 nitrogen and oxygen atoms in total. The summed E-state index contributed by atoms with van der Waals surface area (Å²) in [5.74, 6) is -6.38. The molecule has 1 saturated carbocycles. The monoisotopic (exact) mass is 520 g/mol. The Kier molecular flexibility index (Phi) is 4.95. The van der Waals surface area contributed by atoms with Crippen LogP contribution in [0.2, 0.25) is 0 Å². The Morgan fingerprint density at radius 2 is 1.81 bits per heavy atom. The molecule has 0 aliphatic heterocycles. The number of halogens is 6. The third kappa shape index (κ3) is 3.58. The molecule has 3 heterocycles. The van der Waals surface area contributed by atoms with E-state index in [1.165, 1.54) is 23.5 Å². The van der Waals surface area contributed by atoms with Gasteiger partial charge in [0, 0.05) is 17.8 Å². The van der Waals surface area contributed by atoms with Crippen molar-refractivity contribution in [2.75, 3.05) is 5.73 Å². The molecule has 6 rings (SSSR count). The SMILES string of the molecule is Nc1nc2cc(F)c(C(=O)N(C3CC3)[C@@H]3CCc4nc(C(F)(F)C(F)(F)F)ccc43)cc2n2cncc12. The predicted octanol–water partition coefficient (Wildman–Crippen LogP) is 4.95. The molecule has 0 bridgehead atoms. The van der Waals surface area contributed by atoms with Crippen LogP contribution in [0.5, 0.6) is 0 Å². The second-order valence-corrected chi connectivity index (χ2v) is 9.27. The minimum absolute atomic E-state index is 0.0728. The molecule has 1 aromatic carbocycles. The van der Waals surface area contributed by atoms with E-state index in [-0.39, 0.29) is 41.5 Å². The largest absolute Gasteiger partial charge is 0.459 e. The number of carbonyl (C=O) groups excluding carboxylic acids is 1. The fourth-order valence-electron chi connectivity index (χ4n) is 4.97. The second kappa shape index (κ2) is 7.80. The summed E-state index contributed by atoms with van der Waals surface area (Å²) in [4.78, 5) is 27.0. The zero-order valence-electron chi connectivity index (χ0n) is 18.9. The highest BCUT2D eigenvalue weighted by Gasteiger charge is 2.60. The minimum atomic E-state index is -5.78. The number of nitrogens with zero attached hydrogens (tertiary/aromatic N) is 5. The number of imidazole rings is 1. The summed E-state index contributed by atoms with van der Waals surface area (Å²) >= 11 is 0. The third-order valence-electron chi connectivity index (χ3n) is 6.91. The van der Waals surface area contributed by atoms with Gasteiger partial charge in [0.25, 0.3) is 5.91 Å². The van der Waals surface area contributed by atoms with E-state index < -0.39 is 35.6 Å². The Labute approximate surface area is 204 Å². The predicted molar refractivity (Wildman–Crippen MR) is 119 cm³/mol. The normalized spacial score (nSPS) is 17.9. The average Bonchev–Trinajstić information content (AvgIpc) is 3.37. The number of benzene rings is 1. The molecule has 192 valence electrons. The highest BCUT2D eigenvalue weighted by atomic mass is 19.4. The molecule has 1 atom stereocenters. The number of nitrogens with two attached hydrogens (primary N) is 1. The number of rotatable bonds is 4. The van der Waals surface area contributed by atoms with Crippen molar-refractivity contribution in [2.24, 2.45) is 0 Å². The maximum atomic E-state index is 15.2. The summed E-state index contributed by atoms with van der Waals surface area (Å²) in [5, 5.41) is 0. The highest BCUT2D eigenvalue weighted by molar-refractivity contribution is 5.99. The molecule has 0 radical (unpaired) electrons. The van der Waals surface area contributed by atoms with Crippen molar-refractivity contribution in [2.45, 2.75) is 49.9 Å². The minimum Gasteiger partial charge on any atom is -0.382 e. The number of anilines is 1. The first-order valence-corrected chi connectivity index (χ1v) is 11.5. The summed E-state index contributed by atoms with van der Waals surface area (Å²) in [5.41, 5.74) is 5.89. The third-order valence-corrected chi connectivity index (χ3v) is 6.91. The van der Waals surface area contributed by atoms with Crippen LogP contribution < -0.4 is 5.73 Å². The zero-order valence-corrected chi connectivity index (χ0v) is 18.9. The van der Waals surface area contributed by atoms with Gasteiger partial charge in [-0.2, -0.15) is 22.0 Å². The topological polar surface area (TPSA) is 89.4 Å². The van der Waals surface area contributed by atoms with Crippen LogP contribution in [0.3, 0.4) is 0 Å². The lowest BCUT2D eigenvalue weighted by molar-refractivity contribution is -0.291. The van der Waals surface area contributed by atoms with Crippen molar-refractivity contribution in [1.29, 1.82) is 0 Å². The summed E-state index contributed by atoms with van der Waals surface area (Å²) in [7, 11) is 0. The van der Waals surface area contributed by atoms with Crippen LogP contribution >= 0.6 is 0 Å². The molecule has 2 aliphatic rings. The van der Waals surface area contributed by atoms with E-state index in [2.05, 4.69) is 15.0 Å². The molecule has 13 heteroatoms. The van der Waals surface area contributed by atoms with Crippen molar-refractivity contribution >= 4 is 28.3 Å². The lowest BCUT2D eigenvalue weighted by Gasteiger charge is -2.30. The summed E-state index contributed by atoms with van der Waals surface area (Å²) in [6.07, 6.45) is -1.13. The average molecular weight is 520 g/mol. The van der Waals surface area contributed by atoms with Crippen molar-refractivity contribution < 1.29 is 31.1 Å². The highest BCUT2D eigenvalue weighted by Crippen LogP contribution is 2.46. The maximum Gasteiger partial charge on any atom is 0.459 e. The molecule has 0 saturated heterocycles. The second-order valence-electron chi connectivity index (χ2n) is 9.27. The van der Waals surface area contributed by atoms with E-state index in [0.717, 1.165) is 12.1 Å². The van der Waals surface area contributed by atoms with Gasteiger partial charge in [-0.25, -0.2) is 14.4 Å². The van der Waals surface area contributed by atoms with Gasteiger partial charge in [0.05, 0.1) is 35.2 Å². The number of nitrogen functional groups attached to an aromatic ring is 1. The number of hydrogen-bond donors (Lipinski definition) is 1. The molecule has 0 spiro atoms. The zero-order chi connectivity index (χ0) is 26.3. The van der Waals surface area contributed by atoms with E-state index >= 15 is 4.39 Å². The van der Waals surface area contributed by atoms with Crippen molar-refractivity contribution in [1.82, 2.24) is 24.3 Å². The molecule has 0 unspecified atom stereocenters. The molecule has 4 aromatic rings. The molecule has 1 amide bonds. The van der Waals surface area contributed by atoms with Crippen LogP contribution in [-0.2, 0) is 12.3 Å². The molecule has 3 aromatic heterocycles. The van der Waals surface area contributed by atoms with E-state index in [0.29, 0.717) is 35.5 Å². The summed E-state index contributed by atoms with van der Waals surface area (Å²) in [6, 6.07) is 3.43. The van der Waals surface area contributed by atoms with Crippen LogP contribution in [0.15, 0.2) is 36.8 Å². The van der Waals surface area contributed by atoms with Crippen molar-refractivity contribution in [3.8, 4) is 0 Å². The lowest BCUT2D eigenvalue weighted by Crippen LogP contribution is -2.37. The molecule has 2 aliphatic carbocycles. The summed E-state index contributed by atoms with van der Waals surface area (Å²) in [6.45, 7) is 0. The number of pyridine rings is 1. The van der Waals surface area contributed by atoms with Crippen LogP contribution in [0, 0.1) is 5.82 Å². The van der Waals surface area contributed by atoms with E-state index in [4.69, 9.17) is 5.73 Å². The van der Waals surface area contributed by atoms with Crippen LogP contribution in [0.4, 0.5) is 32.2 Å². The first-order valence-electron chi connectivity index (χ1n) is 11.5. The van der Waals surface area contributed by atoms with E-state index in [1.807, 2.05) is 0 Å². The van der Waals surface area contributed by atoms with Crippen molar-refractivity contribution in [3.63, 3.8) is 0 Å². The van der Waals surface area contributed by atoms with Crippen LogP contribution in [-0.4, -0.2) is 42.4 Å². The quantitative estimate of drug-likeness (QED) is 0.385. The van der Waals surface area contributed by atoms with Gasteiger partial charge < -0.3 is 10.6 Å². The first-order chi connectivity index (χ1) is 17.5. The Morgan fingerprint density at radius 3 is 2.51 bits per heavy atom. The Morgan fingerprint density at radius 1 is 1.05 bits per heavy atom. The molecule has 2 N–H and O–H groups in total. The van der Waals surface area contributed by atoms with E-state index in [1.54, 1.807) is 4.40 Å². The molecule has 1 fully saturated rings. The smallest absolute Gasteiger partial charge is 0.382 e. The van der Waals surface area contributed by atoms with Crippen LogP contribution in [0.25, 0.3) is 16.6 Å². The number of carbonyl (C=O) groups is 1. The molecular formula is C24H18F6N6O. The number of amides is 1. The van der Waals surface area contributed by atoms with Gasteiger partial charge >= 0.3 is 12.1 Å². The molecule has 37 heavy (non-hydrogen) atoms. The van der Waals surface area contributed by atoms with E-state index in [9.17, 15) is 26.7 Å². The number of hydrogen-bond acceptors (Lipinski definition) is 5. The maximum absolute atomic E-state index is 15.2. The van der Waals surface area contributed by atoms with Gasteiger partial charge in [0.15, 0.2) is 0 Å². The Balaban J connectivity index is 1.40. The molecular weight excluding hydrogens is 502 g/mol. The fraction of sp³-hybridized carbons (Fsp3) is 0.333. The first kappa shape index (κ1) is 23.5. The van der Waals surface area contributed by atoms with Gasteiger partial charge in [0.1, 0.15) is 22.8 Å².